The number of nitrogens with zero attached hydrogens (tertiary/aromatic N) is 2. The number of carbonyl (C=O) groups excluding carboxylic acids is 1. The topological polar surface area (TPSA) is 63.0 Å². The van der Waals surface area contributed by atoms with Crippen molar-refractivity contribution in [2.45, 2.75) is 13.3 Å². The van der Waals surface area contributed by atoms with Crippen LogP contribution in [0.2, 0.25) is 0 Å². The highest BCUT2D eigenvalue weighted by Gasteiger charge is 2.20. The molecule has 0 spiro atoms. The Morgan fingerprint density at radius 3 is 3.14 bits per heavy atom. The predicted octanol–water partition coefficient (Wildman–Crippen LogP) is 1.39. The third-order valence-electron chi connectivity index (χ3n) is 1.62. The van der Waals surface area contributed by atoms with E-state index in [4.69, 9.17) is 10.00 Å². The second kappa shape index (κ2) is 5.35. The average Bonchev–Trinajstić information content (AvgIpc) is 2.66. The van der Waals surface area contributed by atoms with Crippen LogP contribution in [0.25, 0.3) is 0 Å². The van der Waals surface area contributed by atoms with Crippen LogP contribution in [0.1, 0.15) is 11.8 Å². The summed E-state index contributed by atoms with van der Waals surface area (Å²) in [7, 11) is 0. The van der Waals surface area contributed by atoms with Gasteiger partial charge in [-0.15, -0.1) is 11.3 Å². The maximum atomic E-state index is 11.2. The Balaban J connectivity index is 2.56. The molecule has 74 valence electrons. The van der Waals surface area contributed by atoms with Crippen molar-refractivity contribution in [3.05, 3.63) is 16.6 Å². The van der Waals surface area contributed by atoms with Crippen LogP contribution in [0.4, 0.5) is 0 Å². The van der Waals surface area contributed by atoms with Gasteiger partial charge in [0.25, 0.3) is 0 Å². The van der Waals surface area contributed by atoms with Gasteiger partial charge in [0.05, 0.1) is 18.2 Å². The van der Waals surface area contributed by atoms with Crippen molar-refractivity contribution >= 4 is 17.3 Å². The van der Waals surface area contributed by atoms with Crippen LogP contribution in [-0.2, 0) is 16.0 Å². The maximum absolute atomic E-state index is 11.2. The first-order valence-corrected chi connectivity index (χ1v) is 5.09. The molecule has 0 saturated heterocycles. The SMILES string of the molecule is CCOC(=O)C(C#N)Cc1cncs1. The summed E-state index contributed by atoms with van der Waals surface area (Å²) >= 11 is 1.43. The van der Waals surface area contributed by atoms with Crippen molar-refractivity contribution in [3.8, 4) is 6.07 Å². The molecule has 5 heteroatoms. The zero-order valence-electron chi connectivity index (χ0n) is 7.77. The third kappa shape index (κ3) is 2.82. The monoisotopic (exact) mass is 210 g/mol. The lowest BCUT2D eigenvalue weighted by atomic mass is 10.1. The lowest BCUT2D eigenvalue weighted by Crippen LogP contribution is -2.17. The van der Waals surface area contributed by atoms with Crippen molar-refractivity contribution in [3.63, 3.8) is 0 Å². The van der Waals surface area contributed by atoms with Gasteiger partial charge >= 0.3 is 5.97 Å². The summed E-state index contributed by atoms with van der Waals surface area (Å²) in [4.78, 5) is 16.0. The number of hydrogen-bond acceptors (Lipinski definition) is 5. The molecule has 1 atom stereocenters. The van der Waals surface area contributed by atoms with E-state index < -0.39 is 11.9 Å². The second-order valence-corrected chi connectivity index (χ2v) is 3.58. The molecule has 1 heterocycles. The molecular weight excluding hydrogens is 200 g/mol. The number of rotatable bonds is 4. The summed E-state index contributed by atoms with van der Waals surface area (Å²) in [5.41, 5.74) is 1.68. The van der Waals surface area contributed by atoms with Crippen LogP contribution in [-0.4, -0.2) is 17.6 Å². The molecule has 0 aliphatic rings. The minimum absolute atomic E-state index is 0.305. The highest BCUT2D eigenvalue weighted by Crippen LogP contribution is 2.13. The molecule has 1 aromatic rings. The number of carbonyl (C=O) groups is 1. The Labute approximate surface area is 86.1 Å². The van der Waals surface area contributed by atoms with Gasteiger partial charge in [-0.05, 0) is 6.92 Å². The lowest BCUT2D eigenvalue weighted by Gasteiger charge is -2.05. The van der Waals surface area contributed by atoms with E-state index in [1.54, 1.807) is 18.6 Å². The second-order valence-electron chi connectivity index (χ2n) is 2.61. The van der Waals surface area contributed by atoms with Crippen LogP contribution in [0.5, 0.6) is 0 Å². The van der Waals surface area contributed by atoms with Gasteiger partial charge in [-0.2, -0.15) is 5.26 Å². The van der Waals surface area contributed by atoms with Gasteiger partial charge in [0, 0.05) is 17.5 Å². The number of aromatic nitrogens is 1. The molecule has 0 radical (unpaired) electrons. The predicted molar refractivity (Wildman–Crippen MR) is 51.6 cm³/mol. The summed E-state index contributed by atoms with van der Waals surface area (Å²) in [6.45, 7) is 2.03. The third-order valence-corrected chi connectivity index (χ3v) is 2.42. The van der Waals surface area contributed by atoms with E-state index in [0.29, 0.717) is 13.0 Å². The van der Waals surface area contributed by atoms with E-state index in [0.717, 1.165) is 4.88 Å². The Bertz CT molecular complexity index is 329. The largest absolute Gasteiger partial charge is 0.465 e. The fourth-order valence-corrected chi connectivity index (χ4v) is 1.61. The summed E-state index contributed by atoms with van der Waals surface area (Å²) in [5.74, 6) is -1.17. The molecule has 0 N–H and O–H groups in total. The first kappa shape index (κ1) is 10.7. The van der Waals surface area contributed by atoms with Gasteiger partial charge in [-0.25, -0.2) is 0 Å². The quantitative estimate of drug-likeness (QED) is 0.704. The molecule has 1 aromatic heterocycles. The van der Waals surface area contributed by atoms with Gasteiger partial charge < -0.3 is 4.74 Å². The Kier molecular flexibility index (Phi) is 4.08. The molecule has 1 rings (SSSR count). The molecule has 0 bridgehead atoms. The molecular formula is C9H10N2O2S. The van der Waals surface area contributed by atoms with Crippen LogP contribution < -0.4 is 0 Å². The smallest absolute Gasteiger partial charge is 0.323 e. The normalized spacial score (nSPS) is 11.7. The van der Waals surface area contributed by atoms with Crippen molar-refractivity contribution in [1.29, 1.82) is 5.26 Å². The molecule has 0 aromatic carbocycles. The van der Waals surface area contributed by atoms with Gasteiger partial charge in [0.2, 0.25) is 0 Å². The van der Waals surface area contributed by atoms with Gasteiger partial charge in [0.1, 0.15) is 5.92 Å². The first-order chi connectivity index (χ1) is 6.77. The van der Waals surface area contributed by atoms with E-state index in [-0.39, 0.29) is 0 Å². The first-order valence-electron chi connectivity index (χ1n) is 4.21. The zero-order chi connectivity index (χ0) is 10.4. The van der Waals surface area contributed by atoms with Crippen molar-refractivity contribution in [2.24, 2.45) is 5.92 Å². The van der Waals surface area contributed by atoms with Crippen LogP contribution >= 0.6 is 11.3 Å². The summed E-state index contributed by atoms with van der Waals surface area (Å²) in [6.07, 6.45) is 2.05. The molecule has 4 nitrogen and oxygen atoms in total. The van der Waals surface area contributed by atoms with Crippen LogP contribution in [0.3, 0.4) is 0 Å². The van der Waals surface area contributed by atoms with Gasteiger partial charge in [-0.3, -0.25) is 9.78 Å². The molecule has 1 unspecified atom stereocenters. The number of hydrogen-bond donors (Lipinski definition) is 0. The molecule has 0 saturated carbocycles. The number of ether oxygens (including phenoxy) is 1. The molecule has 0 aliphatic heterocycles. The number of thiazole rings is 1. The zero-order valence-corrected chi connectivity index (χ0v) is 8.58. The molecule has 14 heavy (non-hydrogen) atoms. The molecule has 0 fully saturated rings. The lowest BCUT2D eigenvalue weighted by molar-refractivity contribution is -0.145. The van der Waals surface area contributed by atoms with Crippen molar-refractivity contribution in [2.75, 3.05) is 6.61 Å². The van der Waals surface area contributed by atoms with Crippen molar-refractivity contribution in [1.82, 2.24) is 4.98 Å². The van der Waals surface area contributed by atoms with E-state index in [1.807, 2.05) is 6.07 Å². The Morgan fingerprint density at radius 1 is 1.86 bits per heavy atom. The summed E-state index contributed by atoms with van der Waals surface area (Å²) < 4.78 is 4.77. The standard InChI is InChI=1S/C9H10N2O2S/c1-2-13-9(12)7(4-10)3-8-5-11-6-14-8/h5-7H,2-3H2,1H3. The van der Waals surface area contributed by atoms with Gasteiger partial charge in [-0.1, -0.05) is 0 Å². The molecule has 0 aliphatic carbocycles. The van der Waals surface area contributed by atoms with E-state index >= 15 is 0 Å². The number of nitriles is 1. The van der Waals surface area contributed by atoms with Crippen LogP contribution in [0.15, 0.2) is 11.7 Å². The van der Waals surface area contributed by atoms with E-state index in [1.165, 1.54) is 11.3 Å². The average molecular weight is 210 g/mol. The maximum Gasteiger partial charge on any atom is 0.323 e. The fraction of sp³-hybridized carbons (Fsp3) is 0.444. The minimum Gasteiger partial charge on any atom is -0.465 e. The molecule has 0 amide bonds. The summed E-state index contributed by atoms with van der Waals surface area (Å²) in [5, 5.41) is 8.76. The highest BCUT2D eigenvalue weighted by molar-refractivity contribution is 7.09. The highest BCUT2D eigenvalue weighted by atomic mass is 32.1. The van der Waals surface area contributed by atoms with Gasteiger partial charge in [0.15, 0.2) is 0 Å². The minimum atomic E-state index is -0.713. The fourth-order valence-electron chi connectivity index (χ4n) is 0.969. The number of esters is 1. The Hall–Kier alpha value is -1.41. The van der Waals surface area contributed by atoms with E-state index in [2.05, 4.69) is 4.98 Å². The van der Waals surface area contributed by atoms with Crippen molar-refractivity contribution < 1.29 is 9.53 Å². The summed E-state index contributed by atoms with van der Waals surface area (Å²) in [6, 6.07) is 1.93. The Morgan fingerprint density at radius 2 is 2.64 bits per heavy atom. The van der Waals surface area contributed by atoms with Crippen LogP contribution in [0, 0.1) is 17.2 Å². The van der Waals surface area contributed by atoms with E-state index in [9.17, 15) is 4.79 Å².